The van der Waals surface area contributed by atoms with Gasteiger partial charge in [0.25, 0.3) is 0 Å². The fourth-order valence-corrected chi connectivity index (χ4v) is 1.02. The maximum absolute atomic E-state index is 10.6. The van der Waals surface area contributed by atoms with E-state index in [-0.39, 0.29) is 11.5 Å². The number of rotatable bonds is 1. The Bertz CT molecular complexity index is 288. The van der Waals surface area contributed by atoms with Crippen molar-refractivity contribution in [3.05, 3.63) is 35.6 Å². The second-order valence-electron chi connectivity index (χ2n) is 2.79. The van der Waals surface area contributed by atoms with E-state index < -0.39 is 5.97 Å². The zero-order valence-electron chi connectivity index (χ0n) is 8.82. The van der Waals surface area contributed by atoms with Crippen molar-refractivity contribution in [2.45, 2.75) is 20.8 Å². The minimum Gasteiger partial charge on any atom is -0.478 e. The van der Waals surface area contributed by atoms with E-state index in [4.69, 9.17) is 10.8 Å². The number of carboxylic acids is 1. The Morgan fingerprint density at radius 3 is 2.57 bits per heavy atom. The lowest BCUT2D eigenvalue weighted by Gasteiger charge is -1.95. The van der Waals surface area contributed by atoms with Gasteiger partial charge in [0.05, 0.1) is 5.57 Å². The first-order valence-corrected chi connectivity index (χ1v) is 4.70. The lowest BCUT2D eigenvalue weighted by atomic mass is 10.1. The van der Waals surface area contributed by atoms with Crippen LogP contribution in [0.5, 0.6) is 0 Å². The number of carboxylic acid groups (broad SMARTS) is 1. The van der Waals surface area contributed by atoms with Crippen molar-refractivity contribution in [3.8, 4) is 0 Å². The van der Waals surface area contributed by atoms with Gasteiger partial charge in [-0.15, -0.1) is 0 Å². The van der Waals surface area contributed by atoms with Crippen molar-refractivity contribution in [1.29, 1.82) is 0 Å². The van der Waals surface area contributed by atoms with Crippen LogP contribution in [-0.4, -0.2) is 11.1 Å². The molecule has 3 nitrogen and oxygen atoms in total. The topological polar surface area (TPSA) is 63.3 Å². The quantitative estimate of drug-likeness (QED) is 0.673. The number of allylic oxidation sites excluding steroid dienone is 3. The Balaban J connectivity index is 0.000000791. The van der Waals surface area contributed by atoms with Gasteiger partial charge < -0.3 is 10.8 Å². The summed E-state index contributed by atoms with van der Waals surface area (Å²) in [5, 5.41) is 8.66. The Hall–Kier alpha value is -1.51. The van der Waals surface area contributed by atoms with E-state index in [0.717, 1.165) is 0 Å². The number of carbonyl (C=O) groups is 1. The summed E-state index contributed by atoms with van der Waals surface area (Å²) in [5.74, 6) is -0.755. The smallest absolute Gasteiger partial charge is 0.335 e. The molecule has 1 atom stereocenters. The maximum Gasteiger partial charge on any atom is 0.335 e. The van der Waals surface area contributed by atoms with E-state index in [2.05, 4.69) is 0 Å². The molecule has 0 saturated heterocycles. The van der Waals surface area contributed by atoms with E-state index in [1.807, 2.05) is 26.8 Å². The molecule has 0 aliphatic heterocycles. The average Bonchev–Trinajstić information content (AvgIpc) is 2.30. The molecule has 0 fully saturated rings. The van der Waals surface area contributed by atoms with Crippen molar-refractivity contribution in [2.24, 2.45) is 11.7 Å². The molecule has 1 aliphatic rings. The highest BCUT2D eigenvalue weighted by atomic mass is 16.4. The van der Waals surface area contributed by atoms with Crippen LogP contribution in [0.4, 0.5) is 0 Å². The van der Waals surface area contributed by atoms with Crippen molar-refractivity contribution >= 4 is 5.97 Å². The normalized spacial score (nSPS) is 19.8. The van der Waals surface area contributed by atoms with Gasteiger partial charge in [0, 0.05) is 5.70 Å². The van der Waals surface area contributed by atoms with Crippen LogP contribution < -0.4 is 5.73 Å². The van der Waals surface area contributed by atoms with Crippen LogP contribution in [0.15, 0.2) is 35.6 Å². The Labute approximate surface area is 84.6 Å². The summed E-state index contributed by atoms with van der Waals surface area (Å²) in [6.45, 7) is 5.95. The van der Waals surface area contributed by atoms with Gasteiger partial charge in [0.15, 0.2) is 0 Å². The molecule has 3 heteroatoms. The van der Waals surface area contributed by atoms with Gasteiger partial charge in [-0.3, -0.25) is 0 Å². The summed E-state index contributed by atoms with van der Waals surface area (Å²) in [5.41, 5.74) is 6.27. The highest BCUT2D eigenvalue weighted by Crippen LogP contribution is 2.12. The third-order valence-corrected chi connectivity index (χ3v) is 1.60. The van der Waals surface area contributed by atoms with E-state index >= 15 is 0 Å². The zero-order valence-corrected chi connectivity index (χ0v) is 8.82. The fraction of sp³-hybridized carbons (Fsp3) is 0.364. The van der Waals surface area contributed by atoms with Gasteiger partial charge >= 0.3 is 5.97 Å². The van der Waals surface area contributed by atoms with Gasteiger partial charge in [0.1, 0.15) is 0 Å². The van der Waals surface area contributed by atoms with Crippen molar-refractivity contribution in [2.75, 3.05) is 0 Å². The van der Waals surface area contributed by atoms with Crippen LogP contribution >= 0.6 is 0 Å². The molecule has 3 N–H and O–H groups in total. The van der Waals surface area contributed by atoms with Gasteiger partial charge in [-0.05, 0) is 12.0 Å². The molecule has 0 radical (unpaired) electrons. The fourth-order valence-electron chi connectivity index (χ4n) is 1.02. The average molecular weight is 195 g/mol. The van der Waals surface area contributed by atoms with Crippen LogP contribution in [0.3, 0.4) is 0 Å². The third kappa shape index (κ3) is 3.94. The third-order valence-electron chi connectivity index (χ3n) is 1.60. The Morgan fingerprint density at radius 2 is 2.07 bits per heavy atom. The summed E-state index contributed by atoms with van der Waals surface area (Å²) in [7, 11) is 0. The summed E-state index contributed by atoms with van der Waals surface area (Å²) in [6, 6.07) is 0. The van der Waals surface area contributed by atoms with Gasteiger partial charge in [0.2, 0.25) is 0 Å². The minimum atomic E-state index is -0.948. The van der Waals surface area contributed by atoms with Crippen molar-refractivity contribution in [3.63, 3.8) is 0 Å². The first-order valence-electron chi connectivity index (χ1n) is 4.70. The molecular weight excluding hydrogens is 178 g/mol. The van der Waals surface area contributed by atoms with Crippen LogP contribution in [-0.2, 0) is 4.79 Å². The maximum atomic E-state index is 10.6. The predicted molar refractivity (Wildman–Crippen MR) is 57.6 cm³/mol. The van der Waals surface area contributed by atoms with Crippen LogP contribution in [0.1, 0.15) is 20.8 Å². The molecule has 0 heterocycles. The number of nitrogens with two attached hydrogens (primary N) is 1. The van der Waals surface area contributed by atoms with Gasteiger partial charge in [-0.1, -0.05) is 39.0 Å². The lowest BCUT2D eigenvalue weighted by molar-refractivity contribution is -0.132. The summed E-state index contributed by atoms with van der Waals surface area (Å²) in [6.07, 6.45) is 6.65. The molecule has 0 bridgehead atoms. The molecule has 14 heavy (non-hydrogen) atoms. The number of hydrogen-bond acceptors (Lipinski definition) is 2. The van der Waals surface area contributed by atoms with Crippen molar-refractivity contribution < 1.29 is 9.90 Å². The SMILES string of the molecule is CC.CC1C=CC(C(=O)O)=CC(N)=C1. The molecule has 1 aliphatic carbocycles. The van der Waals surface area contributed by atoms with Crippen molar-refractivity contribution in [1.82, 2.24) is 0 Å². The van der Waals surface area contributed by atoms with Crippen LogP contribution in [0, 0.1) is 5.92 Å². The highest BCUT2D eigenvalue weighted by Gasteiger charge is 2.06. The monoisotopic (exact) mass is 195 g/mol. The largest absolute Gasteiger partial charge is 0.478 e. The van der Waals surface area contributed by atoms with Gasteiger partial charge in [-0.2, -0.15) is 0 Å². The molecule has 78 valence electrons. The molecule has 1 unspecified atom stereocenters. The molecular formula is C11H17NO2. The summed E-state index contributed by atoms with van der Waals surface area (Å²) < 4.78 is 0. The van der Waals surface area contributed by atoms with Crippen LogP contribution in [0.25, 0.3) is 0 Å². The Kier molecular flexibility index (Phi) is 5.37. The predicted octanol–water partition coefficient (Wildman–Crippen LogP) is 2.07. The molecule has 0 spiro atoms. The molecule has 0 saturated carbocycles. The first-order chi connectivity index (χ1) is 6.59. The minimum absolute atomic E-state index is 0.193. The molecule has 1 rings (SSSR count). The zero-order chi connectivity index (χ0) is 11.1. The second-order valence-corrected chi connectivity index (χ2v) is 2.79. The van der Waals surface area contributed by atoms with Crippen LogP contribution in [0.2, 0.25) is 0 Å². The second kappa shape index (κ2) is 6.02. The molecule has 0 amide bonds. The van der Waals surface area contributed by atoms with E-state index in [9.17, 15) is 4.79 Å². The van der Waals surface area contributed by atoms with E-state index in [1.54, 1.807) is 12.2 Å². The van der Waals surface area contributed by atoms with E-state index in [0.29, 0.717) is 5.70 Å². The lowest BCUT2D eigenvalue weighted by Crippen LogP contribution is -2.00. The number of hydrogen-bond donors (Lipinski definition) is 2. The van der Waals surface area contributed by atoms with Gasteiger partial charge in [-0.25, -0.2) is 4.79 Å². The standard InChI is InChI=1S/C9H11NO2.C2H6/c1-6-2-3-7(9(11)12)5-8(10)4-6;1-2/h2-6H,10H2,1H3,(H,11,12);1-2H3. The molecule has 0 aromatic heterocycles. The highest BCUT2D eigenvalue weighted by molar-refractivity contribution is 5.90. The molecule has 0 aromatic carbocycles. The number of aliphatic carboxylic acids is 1. The first kappa shape index (κ1) is 12.5. The summed E-state index contributed by atoms with van der Waals surface area (Å²) in [4.78, 5) is 10.6. The molecule has 0 aromatic rings. The van der Waals surface area contributed by atoms with E-state index in [1.165, 1.54) is 6.08 Å². The Morgan fingerprint density at radius 1 is 1.50 bits per heavy atom. The summed E-state index contributed by atoms with van der Waals surface area (Å²) >= 11 is 0.